The lowest BCUT2D eigenvalue weighted by Crippen LogP contribution is -2.60. The van der Waals surface area contributed by atoms with Gasteiger partial charge in [-0.3, -0.25) is 19.3 Å². The van der Waals surface area contributed by atoms with Crippen LogP contribution >= 0.6 is 0 Å². The van der Waals surface area contributed by atoms with Gasteiger partial charge in [-0.1, -0.05) is 42.5 Å². The predicted octanol–water partition coefficient (Wildman–Crippen LogP) is 1.80. The zero-order valence-electron chi connectivity index (χ0n) is 14.6. The Morgan fingerprint density at radius 1 is 1.23 bits per heavy atom. The summed E-state index contributed by atoms with van der Waals surface area (Å²) >= 11 is 0. The Balaban J connectivity index is 1.78. The molecule has 26 heavy (non-hydrogen) atoms. The number of piperidine rings is 1. The summed E-state index contributed by atoms with van der Waals surface area (Å²) in [6, 6.07) is 9.37. The topological polar surface area (TPSA) is 72.9 Å². The van der Waals surface area contributed by atoms with Crippen LogP contribution in [0.5, 0.6) is 0 Å². The van der Waals surface area contributed by atoms with E-state index in [1.807, 2.05) is 47.4 Å². The van der Waals surface area contributed by atoms with Crippen LogP contribution in [0.25, 0.3) is 6.08 Å². The number of ether oxygens (including phenoxy) is 2. The van der Waals surface area contributed by atoms with Crippen LogP contribution in [0.1, 0.15) is 24.8 Å². The minimum atomic E-state index is -1.10. The summed E-state index contributed by atoms with van der Waals surface area (Å²) in [4.78, 5) is 39.7. The maximum Gasteiger partial charge on any atom is 0.327 e. The van der Waals surface area contributed by atoms with Gasteiger partial charge in [0.05, 0.1) is 13.0 Å². The first-order valence-electron chi connectivity index (χ1n) is 8.93. The molecule has 1 aromatic rings. The Bertz CT molecular complexity index is 774. The minimum absolute atomic E-state index is 0.362. The lowest BCUT2D eigenvalue weighted by molar-refractivity contribution is -0.168. The van der Waals surface area contributed by atoms with Crippen LogP contribution in [0.4, 0.5) is 0 Å². The quantitative estimate of drug-likeness (QED) is 0.608. The number of methoxy groups -OCH3 is 1. The molecule has 3 saturated heterocycles. The maximum atomic E-state index is 12.8. The largest absolute Gasteiger partial charge is 0.468 e. The van der Waals surface area contributed by atoms with Crippen molar-refractivity contribution in [2.24, 2.45) is 11.8 Å². The molecule has 0 spiro atoms. The van der Waals surface area contributed by atoms with Gasteiger partial charge >= 0.3 is 17.9 Å². The molecule has 0 aromatic heterocycles. The summed E-state index contributed by atoms with van der Waals surface area (Å²) < 4.78 is 10.0. The number of hydrogen-bond donors (Lipinski definition) is 0. The Kier molecular flexibility index (Phi) is 4.15. The molecule has 1 aromatic carbocycles. The van der Waals surface area contributed by atoms with Gasteiger partial charge in [0.15, 0.2) is 0 Å². The maximum absolute atomic E-state index is 12.8. The second-order valence-electron chi connectivity index (χ2n) is 7.07. The average Bonchev–Trinajstić information content (AvgIpc) is 3.14. The highest BCUT2D eigenvalue weighted by atomic mass is 16.6. The molecule has 0 unspecified atom stereocenters. The van der Waals surface area contributed by atoms with Crippen molar-refractivity contribution in [2.75, 3.05) is 13.7 Å². The number of rotatable bonds is 3. The van der Waals surface area contributed by atoms with Crippen molar-refractivity contribution in [1.82, 2.24) is 4.90 Å². The minimum Gasteiger partial charge on any atom is -0.468 e. The van der Waals surface area contributed by atoms with Crippen molar-refractivity contribution in [3.63, 3.8) is 0 Å². The standard InChI is InChI=1S/C20H21NO5/c1-25-19(24)20-11-5-6-12-21(20)14(10-9-13-7-3-2-4-8-13)15-16(20)18(23)26-17(15)22/h2-4,7-10,14-16H,5-6,11-12H2,1H3/b10-9+/t14-,15+,16-,20+/m0/s1. The van der Waals surface area contributed by atoms with Crippen LogP contribution in [-0.2, 0) is 23.9 Å². The van der Waals surface area contributed by atoms with Gasteiger partial charge in [0.1, 0.15) is 11.5 Å². The highest BCUT2D eigenvalue weighted by Gasteiger charge is 2.71. The number of fused-ring (bicyclic) bond motifs is 3. The summed E-state index contributed by atoms with van der Waals surface area (Å²) in [5, 5.41) is 0. The van der Waals surface area contributed by atoms with E-state index < -0.39 is 35.3 Å². The summed E-state index contributed by atoms with van der Waals surface area (Å²) in [7, 11) is 1.33. The fourth-order valence-electron chi connectivity index (χ4n) is 4.83. The molecule has 0 N–H and O–H groups in total. The fourth-order valence-corrected chi connectivity index (χ4v) is 4.83. The SMILES string of the molecule is COC(=O)[C@]12CCCCN1[C@@H](/C=C/c1ccccc1)[C@H]1C(=O)OC(=O)[C@H]12. The van der Waals surface area contributed by atoms with Gasteiger partial charge in [-0.25, -0.2) is 0 Å². The number of carbonyl (C=O) groups excluding carboxylic acids is 3. The number of hydrogen-bond acceptors (Lipinski definition) is 6. The fraction of sp³-hybridized carbons (Fsp3) is 0.450. The Hall–Kier alpha value is -2.47. The zero-order valence-corrected chi connectivity index (χ0v) is 14.6. The molecule has 0 saturated carbocycles. The summed E-state index contributed by atoms with van der Waals surface area (Å²) in [6.07, 6.45) is 6.07. The van der Waals surface area contributed by atoms with Crippen molar-refractivity contribution >= 4 is 24.0 Å². The third-order valence-electron chi connectivity index (χ3n) is 5.87. The highest BCUT2D eigenvalue weighted by molar-refractivity contribution is 6.03. The van der Waals surface area contributed by atoms with E-state index in [4.69, 9.17) is 9.47 Å². The van der Waals surface area contributed by atoms with Crippen molar-refractivity contribution < 1.29 is 23.9 Å². The van der Waals surface area contributed by atoms with Gasteiger partial charge in [-0.2, -0.15) is 0 Å². The molecule has 3 fully saturated rings. The van der Waals surface area contributed by atoms with Crippen LogP contribution < -0.4 is 0 Å². The molecule has 4 atom stereocenters. The molecule has 4 rings (SSSR count). The smallest absolute Gasteiger partial charge is 0.327 e. The number of cyclic esters (lactones) is 2. The van der Waals surface area contributed by atoms with Gasteiger partial charge in [-0.05, 0) is 31.4 Å². The van der Waals surface area contributed by atoms with Gasteiger partial charge in [-0.15, -0.1) is 0 Å². The third-order valence-corrected chi connectivity index (χ3v) is 5.87. The van der Waals surface area contributed by atoms with Crippen molar-refractivity contribution in [3.8, 4) is 0 Å². The summed E-state index contributed by atoms with van der Waals surface area (Å²) in [5.74, 6) is -3.06. The monoisotopic (exact) mass is 355 g/mol. The summed E-state index contributed by atoms with van der Waals surface area (Å²) in [5.41, 5.74) is -0.110. The van der Waals surface area contributed by atoms with E-state index in [1.54, 1.807) is 0 Å². The van der Waals surface area contributed by atoms with Crippen LogP contribution in [0.3, 0.4) is 0 Å². The first kappa shape index (κ1) is 17.0. The van der Waals surface area contributed by atoms with Crippen LogP contribution in [0.15, 0.2) is 36.4 Å². The molecule has 136 valence electrons. The molecule has 6 nitrogen and oxygen atoms in total. The molecule has 3 aliphatic heterocycles. The second kappa shape index (κ2) is 6.36. The number of esters is 3. The van der Waals surface area contributed by atoms with E-state index in [-0.39, 0.29) is 6.04 Å². The molecule has 0 radical (unpaired) electrons. The molecule has 3 aliphatic rings. The number of nitrogens with zero attached hydrogens (tertiary/aromatic N) is 1. The summed E-state index contributed by atoms with van der Waals surface area (Å²) in [6.45, 7) is 0.645. The molecular weight excluding hydrogens is 334 g/mol. The Morgan fingerprint density at radius 2 is 2.00 bits per heavy atom. The molecular formula is C20H21NO5. The Labute approximate surface area is 151 Å². The third kappa shape index (κ3) is 2.32. The van der Waals surface area contributed by atoms with E-state index in [0.29, 0.717) is 13.0 Å². The predicted molar refractivity (Wildman–Crippen MR) is 92.6 cm³/mol. The van der Waals surface area contributed by atoms with Crippen LogP contribution in [0.2, 0.25) is 0 Å². The first-order valence-corrected chi connectivity index (χ1v) is 8.93. The van der Waals surface area contributed by atoms with E-state index in [9.17, 15) is 14.4 Å². The van der Waals surface area contributed by atoms with Crippen molar-refractivity contribution in [3.05, 3.63) is 42.0 Å². The second-order valence-corrected chi connectivity index (χ2v) is 7.07. The Morgan fingerprint density at radius 3 is 2.73 bits per heavy atom. The van der Waals surface area contributed by atoms with Gasteiger partial charge in [0.25, 0.3) is 0 Å². The van der Waals surface area contributed by atoms with E-state index >= 15 is 0 Å². The van der Waals surface area contributed by atoms with Gasteiger partial charge in [0.2, 0.25) is 0 Å². The molecule has 0 aliphatic carbocycles. The average molecular weight is 355 g/mol. The van der Waals surface area contributed by atoms with Gasteiger partial charge < -0.3 is 9.47 Å². The van der Waals surface area contributed by atoms with E-state index in [0.717, 1.165) is 18.4 Å². The lowest BCUT2D eigenvalue weighted by Gasteiger charge is -2.43. The molecule has 0 amide bonds. The highest BCUT2D eigenvalue weighted by Crippen LogP contribution is 2.53. The molecule has 0 bridgehead atoms. The van der Waals surface area contributed by atoms with Crippen LogP contribution in [-0.4, -0.2) is 48.0 Å². The van der Waals surface area contributed by atoms with Crippen molar-refractivity contribution in [1.29, 1.82) is 0 Å². The molecule has 3 heterocycles. The van der Waals surface area contributed by atoms with Crippen LogP contribution in [0, 0.1) is 11.8 Å². The van der Waals surface area contributed by atoms with Gasteiger partial charge in [0, 0.05) is 6.04 Å². The molecule has 6 heteroatoms. The van der Waals surface area contributed by atoms with Crippen molar-refractivity contribution in [2.45, 2.75) is 30.8 Å². The normalized spacial score (nSPS) is 33.8. The number of carbonyl (C=O) groups is 3. The zero-order chi connectivity index (χ0) is 18.3. The first-order chi connectivity index (χ1) is 12.6. The number of benzene rings is 1. The van der Waals surface area contributed by atoms with E-state index in [2.05, 4.69) is 0 Å². The van der Waals surface area contributed by atoms with E-state index in [1.165, 1.54) is 7.11 Å². The lowest BCUT2D eigenvalue weighted by atomic mass is 9.75.